The van der Waals surface area contributed by atoms with Crippen molar-refractivity contribution < 1.29 is 0 Å². The van der Waals surface area contributed by atoms with E-state index >= 15 is 0 Å². The average molecular weight is 280 g/mol. The smallest absolute Gasteiger partial charge is 0.0787 e. The Morgan fingerprint density at radius 1 is 1.50 bits per heavy atom. The van der Waals surface area contributed by atoms with E-state index in [2.05, 4.69) is 39.2 Å². The van der Waals surface area contributed by atoms with Gasteiger partial charge in [-0.2, -0.15) is 5.10 Å². The fourth-order valence-electron chi connectivity index (χ4n) is 1.65. The van der Waals surface area contributed by atoms with Gasteiger partial charge in [0.15, 0.2) is 0 Å². The second-order valence-corrected chi connectivity index (χ2v) is 4.77. The second kappa shape index (κ2) is 4.80. The number of rotatable bonds is 3. The molecule has 1 aromatic heterocycles. The zero-order valence-corrected chi connectivity index (χ0v) is 10.7. The molecule has 1 unspecified atom stereocenters. The van der Waals surface area contributed by atoms with Crippen LogP contribution in [0.4, 0.5) is 0 Å². The summed E-state index contributed by atoms with van der Waals surface area (Å²) in [6, 6.07) is 8.32. The fourth-order valence-corrected chi connectivity index (χ4v) is 2.25. The molecule has 2 N–H and O–H groups in total. The molecule has 3 nitrogen and oxygen atoms in total. The van der Waals surface area contributed by atoms with Gasteiger partial charge in [-0.1, -0.05) is 6.07 Å². The van der Waals surface area contributed by atoms with E-state index in [0.717, 1.165) is 16.6 Å². The van der Waals surface area contributed by atoms with Crippen LogP contribution in [0.15, 0.2) is 41.1 Å². The van der Waals surface area contributed by atoms with Gasteiger partial charge in [0.1, 0.15) is 0 Å². The molecule has 2 aromatic rings. The van der Waals surface area contributed by atoms with Crippen molar-refractivity contribution in [2.45, 2.75) is 19.4 Å². The molecule has 1 aromatic carbocycles. The summed E-state index contributed by atoms with van der Waals surface area (Å²) >= 11 is 3.56. The molecule has 0 aliphatic rings. The Kier molecular flexibility index (Phi) is 3.41. The van der Waals surface area contributed by atoms with Gasteiger partial charge in [0.25, 0.3) is 0 Å². The second-order valence-electron chi connectivity index (χ2n) is 3.92. The van der Waals surface area contributed by atoms with Gasteiger partial charge in [-0.3, -0.25) is 0 Å². The molecule has 0 spiro atoms. The molecule has 84 valence electrons. The first-order chi connectivity index (χ1) is 7.66. The Balaban J connectivity index is 2.30. The molecule has 1 heterocycles. The van der Waals surface area contributed by atoms with Crippen LogP contribution in [-0.4, -0.2) is 15.8 Å². The maximum atomic E-state index is 5.77. The van der Waals surface area contributed by atoms with E-state index < -0.39 is 0 Å². The van der Waals surface area contributed by atoms with Crippen LogP contribution in [0, 0.1) is 0 Å². The molecular weight excluding hydrogens is 266 g/mol. The highest BCUT2D eigenvalue weighted by Crippen LogP contribution is 2.22. The molecule has 1 atom stereocenters. The zero-order chi connectivity index (χ0) is 11.5. The summed E-state index contributed by atoms with van der Waals surface area (Å²) in [6.07, 6.45) is 4.58. The van der Waals surface area contributed by atoms with Gasteiger partial charge in [-0.05, 0) is 53.0 Å². The van der Waals surface area contributed by atoms with E-state index in [1.165, 1.54) is 5.56 Å². The topological polar surface area (TPSA) is 43.8 Å². The van der Waals surface area contributed by atoms with Crippen LogP contribution in [0.2, 0.25) is 0 Å². The lowest BCUT2D eigenvalue weighted by molar-refractivity contribution is 0.737. The van der Waals surface area contributed by atoms with E-state index in [0.29, 0.717) is 0 Å². The van der Waals surface area contributed by atoms with E-state index in [1.54, 1.807) is 6.20 Å². The minimum absolute atomic E-state index is 0.183. The van der Waals surface area contributed by atoms with Gasteiger partial charge < -0.3 is 5.73 Å². The summed E-state index contributed by atoms with van der Waals surface area (Å²) in [5.41, 5.74) is 8.05. The van der Waals surface area contributed by atoms with E-state index in [9.17, 15) is 0 Å². The summed E-state index contributed by atoms with van der Waals surface area (Å²) in [7, 11) is 0. The van der Waals surface area contributed by atoms with Crippen LogP contribution in [-0.2, 0) is 6.42 Å². The number of aromatic nitrogens is 2. The number of hydrogen-bond donors (Lipinski definition) is 1. The Labute approximate surface area is 103 Å². The molecule has 0 amide bonds. The van der Waals surface area contributed by atoms with Crippen LogP contribution in [0.1, 0.15) is 12.5 Å². The molecule has 0 aliphatic heterocycles. The van der Waals surface area contributed by atoms with Crippen LogP contribution in [0.25, 0.3) is 5.69 Å². The van der Waals surface area contributed by atoms with Crippen molar-refractivity contribution in [3.8, 4) is 5.69 Å². The van der Waals surface area contributed by atoms with Crippen LogP contribution < -0.4 is 5.73 Å². The van der Waals surface area contributed by atoms with Gasteiger partial charge in [0.2, 0.25) is 0 Å². The van der Waals surface area contributed by atoms with Gasteiger partial charge >= 0.3 is 0 Å². The molecule has 0 saturated heterocycles. The first-order valence-corrected chi connectivity index (χ1v) is 6.00. The lowest BCUT2D eigenvalue weighted by atomic mass is 10.1. The molecular formula is C12H14BrN3. The summed E-state index contributed by atoms with van der Waals surface area (Å²) < 4.78 is 2.87. The number of hydrogen-bond acceptors (Lipinski definition) is 2. The zero-order valence-electron chi connectivity index (χ0n) is 9.10. The lowest BCUT2D eigenvalue weighted by Gasteiger charge is -2.09. The molecule has 0 saturated carbocycles. The van der Waals surface area contributed by atoms with Crippen molar-refractivity contribution in [2.24, 2.45) is 5.73 Å². The molecule has 2 rings (SSSR count). The molecule has 16 heavy (non-hydrogen) atoms. The normalized spacial score (nSPS) is 12.7. The van der Waals surface area contributed by atoms with Crippen LogP contribution in [0.5, 0.6) is 0 Å². The minimum atomic E-state index is 0.183. The first kappa shape index (κ1) is 11.4. The number of nitrogens with two attached hydrogens (primary N) is 1. The average Bonchev–Trinajstić information content (AvgIpc) is 2.69. The SMILES string of the molecule is CC(N)Cc1ccc(-n2cccn2)c(Br)c1. The first-order valence-electron chi connectivity index (χ1n) is 5.21. The lowest BCUT2D eigenvalue weighted by Crippen LogP contribution is -2.17. The van der Waals surface area contributed by atoms with Gasteiger partial charge in [-0.25, -0.2) is 4.68 Å². The van der Waals surface area contributed by atoms with Gasteiger partial charge in [-0.15, -0.1) is 0 Å². The number of benzene rings is 1. The third-order valence-electron chi connectivity index (χ3n) is 2.32. The summed E-state index contributed by atoms with van der Waals surface area (Å²) in [6.45, 7) is 2.01. The van der Waals surface area contributed by atoms with Crippen molar-refractivity contribution in [2.75, 3.05) is 0 Å². The van der Waals surface area contributed by atoms with Crippen LogP contribution >= 0.6 is 15.9 Å². The van der Waals surface area contributed by atoms with E-state index in [-0.39, 0.29) is 6.04 Å². The molecule has 4 heteroatoms. The Morgan fingerprint density at radius 2 is 2.31 bits per heavy atom. The summed E-state index contributed by atoms with van der Waals surface area (Å²) in [4.78, 5) is 0. The maximum Gasteiger partial charge on any atom is 0.0787 e. The highest BCUT2D eigenvalue weighted by molar-refractivity contribution is 9.10. The molecule has 0 aliphatic carbocycles. The third kappa shape index (κ3) is 2.51. The number of halogens is 1. The monoisotopic (exact) mass is 279 g/mol. The van der Waals surface area contributed by atoms with E-state index in [4.69, 9.17) is 5.73 Å². The van der Waals surface area contributed by atoms with E-state index in [1.807, 2.05) is 23.9 Å². The fraction of sp³-hybridized carbons (Fsp3) is 0.250. The minimum Gasteiger partial charge on any atom is -0.328 e. The van der Waals surface area contributed by atoms with Crippen LogP contribution in [0.3, 0.4) is 0 Å². The molecule has 0 fully saturated rings. The highest BCUT2D eigenvalue weighted by atomic mass is 79.9. The van der Waals surface area contributed by atoms with Crippen molar-refractivity contribution in [1.29, 1.82) is 0 Å². The summed E-state index contributed by atoms with van der Waals surface area (Å²) in [5.74, 6) is 0. The van der Waals surface area contributed by atoms with Crippen molar-refractivity contribution in [3.63, 3.8) is 0 Å². The number of nitrogens with zero attached hydrogens (tertiary/aromatic N) is 2. The van der Waals surface area contributed by atoms with Crippen molar-refractivity contribution in [3.05, 3.63) is 46.7 Å². The predicted octanol–water partition coefficient (Wildman–Crippen LogP) is 2.52. The molecule has 0 radical (unpaired) electrons. The quantitative estimate of drug-likeness (QED) is 0.938. The summed E-state index contributed by atoms with van der Waals surface area (Å²) in [5, 5.41) is 4.20. The van der Waals surface area contributed by atoms with Crippen molar-refractivity contribution in [1.82, 2.24) is 9.78 Å². The largest absolute Gasteiger partial charge is 0.328 e. The van der Waals surface area contributed by atoms with Gasteiger partial charge in [0.05, 0.1) is 5.69 Å². The van der Waals surface area contributed by atoms with Crippen molar-refractivity contribution >= 4 is 15.9 Å². The Hall–Kier alpha value is -1.13. The predicted molar refractivity (Wildman–Crippen MR) is 68.6 cm³/mol. The highest BCUT2D eigenvalue weighted by Gasteiger charge is 2.05. The molecule has 0 bridgehead atoms. The standard InChI is InChI=1S/C12H14BrN3/c1-9(14)7-10-3-4-12(11(13)8-10)16-6-2-5-15-16/h2-6,8-9H,7,14H2,1H3. The maximum absolute atomic E-state index is 5.77. The Bertz CT molecular complexity index is 463. The van der Waals surface area contributed by atoms with Gasteiger partial charge in [0, 0.05) is 22.9 Å². The third-order valence-corrected chi connectivity index (χ3v) is 2.96. The Morgan fingerprint density at radius 3 is 2.88 bits per heavy atom.